The quantitative estimate of drug-likeness (QED) is 0.0222. The molecule has 0 saturated heterocycles. The molecule has 0 heterocycles. The maximum absolute atomic E-state index is 13.0. The van der Waals surface area contributed by atoms with Crippen LogP contribution in [0.2, 0.25) is 0 Å². The molecule has 0 aliphatic carbocycles. The van der Waals surface area contributed by atoms with Crippen molar-refractivity contribution in [3.8, 4) is 0 Å². The van der Waals surface area contributed by atoms with E-state index in [1.807, 2.05) is 0 Å². The molecule has 82 heavy (non-hydrogen) atoms. The summed E-state index contributed by atoms with van der Waals surface area (Å²) in [5.74, 6) is -0.613. The molecule has 0 fully saturated rings. The summed E-state index contributed by atoms with van der Waals surface area (Å²) >= 11 is 0. The number of aliphatic hydroxyl groups is 1. The number of phosphoric acid groups is 2. The Labute approximate surface area is 498 Å². The van der Waals surface area contributed by atoms with Crippen molar-refractivity contribution in [1.82, 2.24) is 0 Å². The van der Waals surface area contributed by atoms with Crippen molar-refractivity contribution in [1.29, 1.82) is 0 Å². The van der Waals surface area contributed by atoms with E-state index in [0.29, 0.717) is 25.7 Å². The highest BCUT2D eigenvalue weighted by Gasteiger charge is 2.30. The Balaban J connectivity index is 5.03. The Hall–Kier alpha value is -1.94. The third-order valence-electron chi connectivity index (χ3n) is 14.5. The maximum Gasteiger partial charge on any atom is 0.472 e. The van der Waals surface area contributed by atoms with Crippen LogP contribution in [-0.2, 0) is 65.4 Å². The van der Waals surface area contributed by atoms with Crippen LogP contribution in [0.5, 0.6) is 0 Å². The van der Waals surface area contributed by atoms with E-state index >= 15 is 0 Å². The Morgan fingerprint density at radius 1 is 0.329 bits per heavy atom. The molecule has 0 radical (unpaired) electrons. The van der Waals surface area contributed by atoms with Crippen molar-refractivity contribution in [2.45, 2.75) is 330 Å². The first kappa shape index (κ1) is 80.1. The third kappa shape index (κ3) is 57.2. The summed E-state index contributed by atoms with van der Waals surface area (Å²) in [6.45, 7) is 9.30. The largest absolute Gasteiger partial charge is 0.472 e. The lowest BCUT2D eigenvalue weighted by Crippen LogP contribution is -2.30. The Bertz CT molecular complexity index is 1620. The first-order valence-electron chi connectivity index (χ1n) is 33.0. The Morgan fingerprint density at radius 3 is 0.829 bits per heavy atom. The van der Waals surface area contributed by atoms with Gasteiger partial charge in [0.05, 0.1) is 26.4 Å². The van der Waals surface area contributed by atoms with Gasteiger partial charge >= 0.3 is 39.5 Å². The predicted octanol–water partition coefficient (Wildman–Crippen LogP) is 17.3. The number of aliphatic hydroxyl groups excluding tert-OH is 1. The van der Waals surface area contributed by atoms with E-state index in [4.69, 9.17) is 37.0 Å². The summed E-state index contributed by atoms with van der Waals surface area (Å²) < 4.78 is 67.5. The molecular weight excluding hydrogens is 1090 g/mol. The average Bonchev–Trinajstić information content (AvgIpc) is 3.43. The smallest absolute Gasteiger partial charge is 0.462 e. The standard InChI is InChI=1S/C63H122O17P2/c1-7-9-11-31-39-45-60(65)73-51-58(79-62(67)47-41-32-12-10-8-2)53-77-81(69,70)75-49-57(64)50-76-82(71,72)78-54-59(52-74-61(66)46-40-35-29-26-25-28-34-38-44-56(5)6)80-63(68)48-42-36-30-24-22-20-18-16-14-13-15-17-19-21-23-27-33-37-43-55(3)4/h55-59,64H,7-54H2,1-6H3,(H,69,70)(H,71,72)/t57-,58+,59+/m0/s1. The van der Waals surface area contributed by atoms with Gasteiger partial charge in [-0.2, -0.15) is 0 Å². The van der Waals surface area contributed by atoms with Crippen LogP contribution in [0.25, 0.3) is 0 Å². The molecule has 2 unspecified atom stereocenters. The van der Waals surface area contributed by atoms with E-state index in [9.17, 15) is 43.2 Å². The van der Waals surface area contributed by atoms with Gasteiger partial charge in [0.15, 0.2) is 12.2 Å². The highest BCUT2D eigenvalue weighted by molar-refractivity contribution is 7.47. The highest BCUT2D eigenvalue weighted by Crippen LogP contribution is 2.45. The summed E-state index contributed by atoms with van der Waals surface area (Å²) in [5.41, 5.74) is 0. The van der Waals surface area contributed by atoms with E-state index in [0.717, 1.165) is 108 Å². The zero-order valence-electron chi connectivity index (χ0n) is 52.8. The van der Waals surface area contributed by atoms with Crippen LogP contribution in [0.4, 0.5) is 0 Å². The van der Waals surface area contributed by atoms with Gasteiger partial charge in [-0.3, -0.25) is 37.3 Å². The number of unbranched alkanes of at least 4 members (excludes halogenated alkanes) is 32. The number of esters is 4. The van der Waals surface area contributed by atoms with Gasteiger partial charge in [0.2, 0.25) is 0 Å². The summed E-state index contributed by atoms with van der Waals surface area (Å²) in [6.07, 6.45) is 38.6. The molecule has 17 nitrogen and oxygen atoms in total. The Kier molecular flexibility index (Phi) is 54.3. The minimum Gasteiger partial charge on any atom is -0.462 e. The molecule has 0 bridgehead atoms. The summed E-state index contributed by atoms with van der Waals surface area (Å²) in [6, 6.07) is 0. The van der Waals surface area contributed by atoms with Gasteiger partial charge in [0.1, 0.15) is 19.3 Å². The van der Waals surface area contributed by atoms with Crippen molar-refractivity contribution in [2.75, 3.05) is 39.6 Å². The molecule has 0 spiro atoms. The molecular formula is C63H122O17P2. The minimum absolute atomic E-state index is 0.0986. The molecule has 0 aliphatic heterocycles. The van der Waals surface area contributed by atoms with Crippen molar-refractivity contribution >= 4 is 39.5 Å². The van der Waals surface area contributed by atoms with Crippen LogP contribution in [-0.4, -0.2) is 96.7 Å². The van der Waals surface area contributed by atoms with E-state index in [-0.39, 0.29) is 25.7 Å². The molecule has 0 amide bonds. The highest BCUT2D eigenvalue weighted by atomic mass is 31.2. The van der Waals surface area contributed by atoms with Gasteiger partial charge in [0, 0.05) is 25.7 Å². The van der Waals surface area contributed by atoms with E-state index in [1.54, 1.807) is 0 Å². The van der Waals surface area contributed by atoms with E-state index in [1.165, 1.54) is 122 Å². The van der Waals surface area contributed by atoms with Gasteiger partial charge in [-0.1, -0.05) is 260 Å². The number of hydrogen-bond acceptors (Lipinski definition) is 15. The second-order valence-corrected chi connectivity index (χ2v) is 26.7. The van der Waals surface area contributed by atoms with Gasteiger partial charge in [0.25, 0.3) is 0 Å². The average molecular weight is 1210 g/mol. The number of hydrogen-bond donors (Lipinski definition) is 3. The number of rotatable bonds is 62. The zero-order chi connectivity index (χ0) is 60.8. The molecule has 0 aromatic carbocycles. The van der Waals surface area contributed by atoms with E-state index in [2.05, 4.69) is 41.5 Å². The number of phosphoric ester groups is 2. The Morgan fingerprint density at radius 2 is 0.561 bits per heavy atom. The lowest BCUT2D eigenvalue weighted by molar-refractivity contribution is -0.161. The molecule has 0 saturated carbocycles. The summed E-state index contributed by atoms with van der Waals surface area (Å²) in [7, 11) is -9.86. The molecule has 0 aromatic rings. The van der Waals surface area contributed by atoms with Crippen LogP contribution in [0.15, 0.2) is 0 Å². The molecule has 3 N–H and O–H groups in total. The number of ether oxygens (including phenoxy) is 4. The normalized spacial score (nSPS) is 14.3. The topological polar surface area (TPSA) is 237 Å². The monoisotopic (exact) mass is 1210 g/mol. The first-order valence-corrected chi connectivity index (χ1v) is 36.0. The van der Waals surface area contributed by atoms with Crippen LogP contribution in [0.1, 0.15) is 311 Å². The van der Waals surface area contributed by atoms with E-state index < -0.39 is 97.5 Å². The van der Waals surface area contributed by atoms with Crippen molar-refractivity contribution in [3.05, 3.63) is 0 Å². The fourth-order valence-electron chi connectivity index (χ4n) is 9.35. The van der Waals surface area contributed by atoms with Gasteiger partial charge in [-0.25, -0.2) is 9.13 Å². The van der Waals surface area contributed by atoms with Crippen LogP contribution in [0.3, 0.4) is 0 Å². The summed E-state index contributed by atoms with van der Waals surface area (Å²) in [5, 5.41) is 10.5. The molecule has 5 atom stereocenters. The lowest BCUT2D eigenvalue weighted by atomic mass is 10.0. The van der Waals surface area contributed by atoms with Gasteiger partial charge in [-0.05, 0) is 37.5 Å². The fraction of sp³-hybridized carbons (Fsp3) is 0.937. The SMILES string of the molecule is CCCCCCCC(=O)OC[C@H](COP(=O)(O)OC[C@H](O)COP(=O)(O)OC[C@@H](COC(=O)CCCCCCCCCCC(C)C)OC(=O)CCCCCCCCCCCCCCCCCCCCC(C)C)OC(=O)CCCCCCC. The predicted molar refractivity (Wildman–Crippen MR) is 326 cm³/mol. The summed E-state index contributed by atoms with van der Waals surface area (Å²) in [4.78, 5) is 71.6. The number of carbonyl (C=O) groups is 4. The zero-order valence-corrected chi connectivity index (χ0v) is 54.6. The maximum atomic E-state index is 13.0. The van der Waals surface area contributed by atoms with Crippen molar-refractivity contribution in [2.24, 2.45) is 11.8 Å². The van der Waals surface area contributed by atoms with Gasteiger partial charge < -0.3 is 33.8 Å². The molecule has 0 aliphatic rings. The van der Waals surface area contributed by atoms with Crippen LogP contribution >= 0.6 is 15.6 Å². The first-order chi connectivity index (χ1) is 39.4. The molecule has 0 aromatic heterocycles. The van der Waals surface area contributed by atoms with Crippen LogP contribution < -0.4 is 0 Å². The van der Waals surface area contributed by atoms with Crippen LogP contribution in [0, 0.1) is 11.8 Å². The third-order valence-corrected chi connectivity index (χ3v) is 16.4. The molecule has 486 valence electrons. The molecule has 0 rings (SSSR count). The number of carbonyl (C=O) groups excluding carboxylic acids is 4. The second kappa shape index (κ2) is 55.6. The lowest BCUT2D eigenvalue weighted by Gasteiger charge is -2.21. The van der Waals surface area contributed by atoms with Gasteiger partial charge in [-0.15, -0.1) is 0 Å². The minimum atomic E-state index is -4.94. The second-order valence-electron chi connectivity index (χ2n) is 23.7. The molecule has 19 heteroatoms. The van der Waals surface area contributed by atoms with Crippen molar-refractivity contribution in [3.63, 3.8) is 0 Å². The van der Waals surface area contributed by atoms with Crippen molar-refractivity contribution < 1.29 is 80.2 Å². The fourth-order valence-corrected chi connectivity index (χ4v) is 10.9.